The van der Waals surface area contributed by atoms with Gasteiger partial charge < -0.3 is 18.9 Å². The number of nitrogens with zero attached hydrogens (tertiary/aromatic N) is 1. The van der Waals surface area contributed by atoms with Crippen molar-refractivity contribution in [2.24, 2.45) is 0 Å². The highest BCUT2D eigenvalue weighted by atomic mass is 16.7. The van der Waals surface area contributed by atoms with Gasteiger partial charge >= 0.3 is 5.97 Å². The first-order chi connectivity index (χ1) is 12.1. The van der Waals surface area contributed by atoms with E-state index in [0.717, 1.165) is 43.9 Å². The summed E-state index contributed by atoms with van der Waals surface area (Å²) in [6.07, 6.45) is 3.06. The standard InChI is InChI=1S/C19H23NO5/c1-11(21)25-18-9-20-8-12-5-15-16(24-10-23-15)7-14(12)19(18)4-3-13(22-2)6-17(19)20/h5,7,13,17-18H,3-4,6,8-10H2,1-2H3/t13?,17-,18?,19-/m1/s1. The van der Waals surface area contributed by atoms with Crippen molar-refractivity contribution in [3.8, 4) is 11.5 Å². The largest absolute Gasteiger partial charge is 0.460 e. The van der Waals surface area contributed by atoms with Crippen LogP contribution in [0.5, 0.6) is 11.5 Å². The number of methoxy groups -OCH3 is 1. The molecular weight excluding hydrogens is 322 g/mol. The van der Waals surface area contributed by atoms with Crippen LogP contribution < -0.4 is 9.47 Å². The van der Waals surface area contributed by atoms with Gasteiger partial charge in [0.2, 0.25) is 6.79 Å². The lowest BCUT2D eigenvalue weighted by Crippen LogP contribution is -2.55. The van der Waals surface area contributed by atoms with Crippen LogP contribution in [0.15, 0.2) is 12.1 Å². The SMILES string of the molecule is COC1CC[C@]23c4cc5c(cc4CN(CC2OC(C)=O)[C@@H]3C1)OCO5. The quantitative estimate of drug-likeness (QED) is 0.764. The van der Waals surface area contributed by atoms with Crippen LogP contribution in [0.3, 0.4) is 0 Å². The Hall–Kier alpha value is -1.79. The fourth-order valence-corrected chi connectivity index (χ4v) is 5.48. The van der Waals surface area contributed by atoms with Crippen molar-refractivity contribution in [3.05, 3.63) is 23.3 Å². The Balaban J connectivity index is 1.64. The molecule has 25 heavy (non-hydrogen) atoms. The maximum Gasteiger partial charge on any atom is 0.302 e. The molecule has 3 aliphatic heterocycles. The summed E-state index contributed by atoms with van der Waals surface area (Å²) in [6.45, 7) is 3.41. The number of benzene rings is 1. The van der Waals surface area contributed by atoms with Crippen molar-refractivity contribution in [2.45, 2.75) is 56.4 Å². The molecule has 0 spiro atoms. The molecule has 5 rings (SSSR count). The number of ether oxygens (including phenoxy) is 4. The highest BCUT2D eigenvalue weighted by Crippen LogP contribution is 2.56. The molecule has 0 radical (unpaired) electrons. The maximum atomic E-state index is 11.8. The Morgan fingerprint density at radius 2 is 2.12 bits per heavy atom. The molecule has 1 aromatic carbocycles. The zero-order valence-corrected chi connectivity index (χ0v) is 14.6. The van der Waals surface area contributed by atoms with E-state index in [1.807, 2.05) is 0 Å². The molecule has 2 bridgehead atoms. The second kappa shape index (κ2) is 5.35. The van der Waals surface area contributed by atoms with Gasteiger partial charge in [-0.25, -0.2) is 0 Å². The molecular formula is C19H23NO5. The molecule has 1 aliphatic carbocycles. The third kappa shape index (κ3) is 2.07. The van der Waals surface area contributed by atoms with Crippen molar-refractivity contribution in [1.29, 1.82) is 0 Å². The normalized spacial score (nSPS) is 37.4. The van der Waals surface area contributed by atoms with Gasteiger partial charge in [0.1, 0.15) is 6.10 Å². The topological polar surface area (TPSA) is 57.2 Å². The third-order valence-corrected chi connectivity index (χ3v) is 6.49. The van der Waals surface area contributed by atoms with Gasteiger partial charge in [0.05, 0.1) is 6.10 Å². The fraction of sp³-hybridized carbons (Fsp3) is 0.632. The molecule has 6 nitrogen and oxygen atoms in total. The van der Waals surface area contributed by atoms with Gasteiger partial charge in [0.15, 0.2) is 11.5 Å². The van der Waals surface area contributed by atoms with Crippen LogP contribution in [0.4, 0.5) is 0 Å². The monoisotopic (exact) mass is 345 g/mol. The minimum Gasteiger partial charge on any atom is -0.460 e. The highest BCUT2D eigenvalue weighted by Gasteiger charge is 2.62. The summed E-state index contributed by atoms with van der Waals surface area (Å²) in [5.74, 6) is 1.43. The van der Waals surface area contributed by atoms with Crippen LogP contribution in [0.2, 0.25) is 0 Å². The van der Waals surface area contributed by atoms with E-state index in [4.69, 9.17) is 18.9 Å². The van der Waals surface area contributed by atoms with E-state index in [1.54, 1.807) is 7.11 Å². The average Bonchev–Trinajstić information content (AvgIpc) is 3.13. The molecule has 0 amide bonds. The van der Waals surface area contributed by atoms with Crippen molar-refractivity contribution in [3.63, 3.8) is 0 Å². The Kier molecular flexibility index (Phi) is 3.31. The van der Waals surface area contributed by atoms with Gasteiger partial charge in [0.25, 0.3) is 0 Å². The highest BCUT2D eigenvalue weighted by molar-refractivity contribution is 5.67. The number of rotatable bonds is 2. The van der Waals surface area contributed by atoms with Crippen LogP contribution in [0.1, 0.15) is 37.3 Å². The molecule has 6 heteroatoms. The van der Waals surface area contributed by atoms with Crippen molar-refractivity contribution < 1.29 is 23.7 Å². The van der Waals surface area contributed by atoms with E-state index in [1.165, 1.54) is 18.1 Å². The first kappa shape index (κ1) is 15.5. The summed E-state index contributed by atoms with van der Waals surface area (Å²) >= 11 is 0. The first-order valence-electron chi connectivity index (χ1n) is 8.99. The molecule has 1 saturated heterocycles. The Morgan fingerprint density at radius 3 is 2.88 bits per heavy atom. The predicted octanol–water partition coefficient (Wildman–Crippen LogP) is 1.98. The zero-order valence-electron chi connectivity index (χ0n) is 14.6. The first-order valence-corrected chi connectivity index (χ1v) is 8.99. The Morgan fingerprint density at radius 1 is 1.32 bits per heavy atom. The molecule has 1 aromatic rings. The number of carbonyl (C=O) groups is 1. The van der Waals surface area contributed by atoms with Crippen LogP contribution in [0, 0.1) is 0 Å². The number of esters is 1. The molecule has 134 valence electrons. The van der Waals surface area contributed by atoms with E-state index >= 15 is 0 Å². The van der Waals surface area contributed by atoms with E-state index in [2.05, 4.69) is 17.0 Å². The van der Waals surface area contributed by atoms with Crippen LogP contribution in [-0.2, 0) is 26.2 Å². The fourth-order valence-electron chi connectivity index (χ4n) is 5.48. The summed E-state index contributed by atoms with van der Waals surface area (Å²) in [5, 5.41) is 0. The summed E-state index contributed by atoms with van der Waals surface area (Å²) in [4.78, 5) is 14.2. The molecule has 1 saturated carbocycles. The molecule has 5 atom stereocenters. The summed E-state index contributed by atoms with van der Waals surface area (Å²) < 4.78 is 22.7. The van der Waals surface area contributed by atoms with Gasteiger partial charge in [-0.05, 0) is 42.5 Å². The van der Waals surface area contributed by atoms with E-state index in [0.29, 0.717) is 6.04 Å². The lowest BCUT2D eigenvalue weighted by molar-refractivity contribution is -0.149. The Bertz CT molecular complexity index is 735. The number of carbonyl (C=O) groups excluding carboxylic acids is 1. The summed E-state index contributed by atoms with van der Waals surface area (Å²) in [7, 11) is 1.79. The zero-order chi connectivity index (χ0) is 17.2. The predicted molar refractivity (Wildman–Crippen MR) is 88.6 cm³/mol. The molecule has 4 aliphatic rings. The lowest BCUT2D eigenvalue weighted by Gasteiger charge is -2.49. The van der Waals surface area contributed by atoms with Crippen molar-refractivity contribution in [2.75, 3.05) is 20.4 Å². The van der Waals surface area contributed by atoms with Crippen LogP contribution in [0.25, 0.3) is 0 Å². The van der Waals surface area contributed by atoms with Crippen molar-refractivity contribution in [1.82, 2.24) is 4.90 Å². The summed E-state index contributed by atoms with van der Waals surface area (Å²) in [6, 6.07) is 4.58. The second-order valence-corrected chi connectivity index (χ2v) is 7.58. The molecule has 3 heterocycles. The van der Waals surface area contributed by atoms with Gasteiger partial charge in [-0.2, -0.15) is 0 Å². The number of fused-ring (bicyclic) bond motifs is 2. The minimum absolute atomic E-state index is 0.116. The second-order valence-electron chi connectivity index (χ2n) is 7.58. The number of hydrogen-bond donors (Lipinski definition) is 0. The van der Waals surface area contributed by atoms with Gasteiger partial charge in [-0.1, -0.05) is 0 Å². The smallest absolute Gasteiger partial charge is 0.302 e. The molecule has 0 aromatic heterocycles. The maximum absolute atomic E-state index is 11.8. The molecule has 0 N–H and O–H groups in total. The number of hydrogen-bond acceptors (Lipinski definition) is 6. The third-order valence-electron chi connectivity index (χ3n) is 6.49. The summed E-state index contributed by atoms with van der Waals surface area (Å²) in [5.41, 5.74) is 2.37. The van der Waals surface area contributed by atoms with Crippen LogP contribution in [-0.4, -0.2) is 49.6 Å². The molecule has 3 unspecified atom stereocenters. The minimum atomic E-state index is -0.206. The van der Waals surface area contributed by atoms with Gasteiger partial charge in [-0.15, -0.1) is 0 Å². The lowest BCUT2D eigenvalue weighted by atomic mass is 9.62. The van der Waals surface area contributed by atoms with E-state index in [9.17, 15) is 4.79 Å². The van der Waals surface area contributed by atoms with E-state index < -0.39 is 0 Å². The Labute approximate surface area is 147 Å². The van der Waals surface area contributed by atoms with E-state index in [-0.39, 0.29) is 30.4 Å². The average molecular weight is 345 g/mol. The van der Waals surface area contributed by atoms with Crippen LogP contribution >= 0.6 is 0 Å². The van der Waals surface area contributed by atoms with Crippen molar-refractivity contribution >= 4 is 5.97 Å². The molecule has 2 fully saturated rings. The van der Waals surface area contributed by atoms with Gasteiger partial charge in [-0.3, -0.25) is 9.69 Å². The van der Waals surface area contributed by atoms with Gasteiger partial charge in [0, 0.05) is 38.6 Å².